The molecule has 0 spiro atoms. The summed E-state index contributed by atoms with van der Waals surface area (Å²) in [6.45, 7) is 5.39. The molecule has 0 saturated heterocycles. The second-order valence-electron chi connectivity index (χ2n) is 6.38. The molecule has 142 valence electrons. The standard InChI is InChI=1S/C18H24FN3O4/c1-18(2,3)26-17(25)22-12-16(24)21-11-10-20-15(23)9-6-13-4-7-14(19)8-5-13/h4-9H,10-12H2,1-3H3,(H,20,23)(H,21,24)(H,22,25)/b9-6+. The Bertz CT molecular complexity index is 651. The molecule has 0 bridgehead atoms. The minimum atomic E-state index is -0.674. The van der Waals surface area contributed by atoms with Gasteiger partial charge in [0.05, 0.1) is 6.54 Å². The third-order valence-corrected chi connectivity index (χ3v) is 2.84. The first-order valence-corrected chi connectivity index (χ1v) is 8.11. The molecule has 1 aromatic carbocycles. The molecule has 0 saturated carbocycles. The fraction of sp³-hybridized carbons (Fsp3) is 0.389. The van der Waals surface area contributed by atoms with Crippen molar-refractivity contribution in [3.8, 4) is 0 Å². The number of benzene rings is 1. The van der Waals surface area contributed by atoms with Gasteiger partial charge in [-0.2, -0.15) is 0 Å². The number of ether oxygens (including phenoxy) is 1. The van der Waals surface area contributed by atoms with Gasteiger partial charge in [-0.25, -0.2) is 9.18 Å². The van der Waals surface area contributed by atoms with Crippen molar-refractivity contribution in [1.82, 2.24) is 16.0 Å². The number of hydrogen-bond donors (Lipinski definition) is 3. The van der Waals surface area contributed by atoms with Gasteiger partial charge in [0.1, 0.15) is 11.4 Å². The first kappa shape index (κ1) is 21.1. The summed E-state index contributed by atoms with van der Waals surface area (Å²) in [5, 5.41) is 7.47. The first-order chi connectivity index (χ1) is 12.2. The average molecular weight is 365 g/mol. The molecule has 0 aliphatic heterocycles. The van der Waals surface area contributed by atoms with Gasteiger partial charge in [0.25, 0.3) is 0 Å². The highest BCUT2D eigenvalue weighted by atomic mass is 19.1. The van der Waals surface area contributed by atoms with Crippen LogP contribution in [0.5, 0.6) is 0 Å². The second-order valence-corrected chi connectivity index (χ2v) is 6.38. The van der Waals surface area contributed by atoms with E-state index in [9.17, 15) is 18.8 Å². The van der Waals surface area contributed by atoms with Crippen LogP contribution in [0.25, 0.3) is 6.08 Å². The fourth-order valence-electron chi connectivity index (χ4n) is 1.72. The van der Waals surface area contributed by atoms with Crippen LogP contribution in [0.15, 0.2) is 30.3 Å². The van der Waals surface area contributed by atoms with Crippen molar-refractivity contribution in [2.45, 2.75) is 26.4 Å². The Hall–Kier alpha value is -2.90. The van der Waals surface area contributed by atoms with Crippen LogP contribution in [0.1, 0.15) is 26.3 Å². The maximum atomic E-state index is 12.8. The fourth-order valence-corrected chi connectivity index (χ4v) is 1.72. The van der Waals surface area contributed by atoms with Crippen LogP contribution in [0.4, 0.5) is 9.18 Å². The van der Waals surface area contributed by atoms with Crippen molar-refractivity contribution in [3.05, 3.63) is 41.7 Å². The summed E-state index contributed by atoms with van der Waals surface area (Å²) in [5.74, 6) is -1.08. The molecular weight excluding hydrogens is 341 g/mol. The van der Waals surface area contributed by atoms with E-state index >= 15 is 0 Å². The summed E-state index contributed by atoms with van der Waals surface area (Å²) in [4.78, 5) is 34.6. The molecule has 0 aromatic heterocycles. The number of amides is 3. The lowest BCUT2D eigenvalue weighted by Gasteiger charge is -2.19. The smallest absolute Gasteiger partial charge is 0.408 e. The number of nitrogens with one attached hydrogen (secondary N) is 3. The van der Waals surface area contributed by atoms with Gasteiger partial charge in [-0.05, 0) is 44.5 Å². The summed E-state index contributed by atoms with van der Waals surface area (Å²) in [7, 11) is 0. The molecule has 1 rings (SSSR count). The van der Waals surface area contributed by atoms with Crippen LogP contribution < -0.4 is 16.0 Å². The molecule has 7 nitrogen and oxygen atoms in total. The minimum Gasteiger partial charge on any atom is -0.444 e. The summed E-state index contributed by atoms with van der Waals surface area (Å²) in [6.07, 6.45) is 2.20. The van der Waals surface area contributed by atoms with Crippen LogP contribution in [0, 0.1) is 5.82 Å². The topological polar surface area (TPSA) is 96.5 Å². The molecule has 26 heavy (non-hydrogen) atoms. The van der Waals surface area contributed by atoms with E-state index in [0.717, 1.165) is 0 Å². The molecule has 1 aromatic rings. The van der Waals surface area contributed by atoms with Crippen molar-refractivity contribution in [1.29, 1.82) is 0 Å². The Kier molecular flexibility index (Phi) is 8.27. The zero-order chi connectivity index (χ0) is 19.6. The normalized spacial score (nSPS) is 11.1. The van der Waals surface area contributed by atoms with E-state index in [2.05, 4.69) is 16.0 Å². The van der Waals surface area contributed by atoms with E-state index in [4.69, 9.17) is 4.74 Å². The highest BCUT2D eigenvalue weighted by molar-refractivity contribution is 5.91. The molecule has 0 unspecified atom stereocenters. The zero-order valence-corrected chi connectivity index (χ0v) is 15.1. The summed E-state index contributed by atoms with van der Waals surface area (Å²) in [6, 6.07) is 5.71. The van der Waals surface area contributed by atoms with Gasteiger partial charge < -0.3 is 20.7 Å². The number of hydrogen-bond acceptors (Lipinski definition) is 4. The maximum Gasteiger partial charge on any atom is 0.408 e. The monoisotopic (exact) mass is 365 g/mol. The van der Waals surface area contributed by atoms with Crippen molar-refractivity contribution in [2.75, 3.05) is 19.6 Å². The molecule has 0 atom stereocenters. The van der Waals surface area contributed by atoms with Gasteiger partial charge in [0.2, 0.25) is 11.8 Å². The van der Waals surface area contributed by atoms with Crippen LogP contribution >= 0.6 is 0 Å². The number of halogens is 1. The third kappa shape index (κ3) is 10.1. The molecule has 3 N–H and O–H groups in total. The predicted molar refractivity (Wildman–Crippen MR) is 95.7 cm³/mol. The summed E-state index contributed by atoms with van der Waals surface area (Å²) < 4.78 is 17.8. The first-order valence-electron chi connectivity index (χ1n) is 8.11. The van der Waals surface area contributed by atoms with E-state index in [1.54, 1.807) is 39.0 Å². The quantitative estimate of drug-likeness (QED) is 0.505. The molecule has 8 heteroatoms. The molecule has 0 aliphatic rings. The van der Waals surface area contributed by atoms with Gasteiger partial charge in [0.15, 0.2) is 0 Å². The van der Waals surface area contributed by atoms with Gasteiger partial charge in [-0.3, -0.25) is 9.59 Å². The Morgan fingerprint density at radius 2 is 1.65 bits per heavy atom. The molecule has 0 fully saturated rings. The highest BCUT2D eigenvalue weighted by Crippen LogP contribution is 2.06. The van der Waals surface area contributed by atoms with Gasteiger partial charge in [-0.15, -0.1) is 0 Å². The zero-order valence-electron chi connectivity index (χ0n) is 15.1. The van der Waals surface area contributed by atoms with E-state index in [-0.39, 0.29) is 31.4 Å². The lowest BCUT2D eigenvalue weighted by atomic mass is 10.2. The predicted octanol–water partition coefficient (Wildman–Crippen LogP) is 1.60. The number of carbonyl (C=O) groups excluding carboxylic acids is 3. The van der Waals surface area contributed by atoms with Crippen molar-refractivity contribution < 1.29 is 23.5 Å². The van der Waals surface area contributed by atoms with Gasteiger partial charge >= 0.3 is 6.09 Å². The molecule has 0 heterocycles. The van der Waals surface area contributed by atoms with Crippen LogP contribution in [-0.2, 0) is 14.3 Å². The Morgan fingerprint density at radius 3 is 2.27 bits per heavy atom. The van der Waals surface area contributed by atoms with Crippen molar-refractivity contribution in [2.24, 2.45) is 0 Å². The molecule has 3 amide bonds. The second kappa shape index (κ2) is 10.2. The average Bonchev–Trinajstić information content (AvgIpc) is 2.55. The number of carbonyl (C=O) groups is 3. The van der Waals surface area contributed by atoms with Crippen LogP contribution in [-0.4, -0.2) is 43.1 Å². The third-order valence-electron chi connectivity index (χ3n) is 2.84. The molecule has 0 radical (unpaired) electrons. The minimum absolute atomic E-state index is 0.213. The summed E-state index contributed by atoms with van der Waals surface area (Å²) in [5.41, 5.74) is 0.0646. The van der Waals surface area contributed by atoms with Gasteiger partial charge in [-0.1, -0.05) is 12.1 Å². The van der Waals surface area contributed by atoms with Crippen LogP contribution in [0.3, 0.4) is 0 Å². The largest absolute Gasteiger partial charge is 0.444 e. The van der Waals surface area contributed by atoms with E-state index in [1.807, 2.05) is 0 Å². The number of rotatable bonds is 7. The van der Waals surface area contributed by atoms with E-state index in [1.165, 1.54) is 18.2 Å². The Morgan fingerprint density at radius 1 is 1.04 bits per heavy atom. The lowest BCUT2D eigenvalue weighted by Crippen LogP contribution is -2.41. The van der Waals surface area contributed by atoms with E-state index in [0.29, 0.717) is 5.56 Å². The molecule has 0 aliphatic carbocycles. The highest BCUT2D eigenvalue weighted by Gasteiger charge is 2.16. The maximum absolute atomic E-state index is 12.8. The SMILES string of the molecule is CC(C)(C)OC(=O)NCC(=O)NCCNC(=O)/C=C/c1ccc(F)cc1. The Labute approximate surface area is 152 Å². The van der Waals surface area contributed by atoms with Crippen LogP contribution in [0.2, 0.25) is 0 Å². The molecular formula is C18H24FN3O4. The lowest BCUT2D eigenvalue weighted by molar-refractivity contribution is -0.120. The number of alkyl carbamates (subject to hydrolysis) is 1. The summed E-state index contributed by atoms with van der Waals surface area (Å²) >= 11 is 0. The van der Waals surface area contributed by atoms with Gasteiger partial charge in [0, 0.05) is 19.2 Å². The van der Waals surface area contributed by atoms with Crippen molar-refractivity contribution >= 4 is 24.0 Å². The van der Waals surface area contributed by atoms with E-state index < -0.39 is 17.6 Å². The van der Waals surface area contributed by atoms with Crippen molar-refractivity contribution in [3.63, 3.8) is 0 Å². The Balaban J connectivity index is 2.17.